The molecule has 1 saturated heterocycles. The van der Waals surface area contributed by atoms with Gasteiger partial charge in [0.1, 0.15) is 0 Å². The number of rotatable bonds is 5. The van der Waals surface area contributed by atoms with Crippen molar-refractivity contribution >= 4 is 10.0 Å². The predicted octanol–water partition coefficient (Wildman–Crippen LogP) is -0.723. The number of hydrogen-bond acceptors (Lipinski definition) is 4. The minimum atomic E-state index is -3.04. The zero-order valence-corrected chi connectivity index (χ0v) is 9.16. The van der Waals surface area contributed by atoms with Gasteiger partial charge in [-0.2, -0.15) is 0 Å². The third-order valence-electron chi connectivity index (χ3n) is 2.31. The molecule has 1 fully saturated rings. The van der Waals surface area contributed by atoms with Gasteiger partial charge in [0.2, 0.25) is 10.0 Å². The summed E-state index contributed by atoms with van der Waals surface area (Å²) in [4.78, 5) is 0. The minimum Gasteiger partial charge on any atom is -0.394 e. The van der Waals surface area contributed by atoms with E-state index in [0.29, 0.717) is 26.3 Å². The number of nitrogens with zero attached hydrogens (tertiary/aromatic N) is 1. The van der Waals surface area contributed by atoms with Gasteiger partial charge in [0.15, 0.2) is 0 Å². The molecule has 0 aromatic heterocycles. The van der Waals surface area contributed by atoms with Gasteiger partial charge in [-0.05, 0) is 12.3 Å². The third kappa shape index (κ3) is 3.53. The van der Waals surface area contributed by atoms with Crippen molar-refractivity contribution in [2.75, 3.05) is 39.2 Å². The summed E-state index contributed by atoms with van der Waals surface area (Å²) in [5, 5.41) is 8.49. The van der Waals surface area contributed by atoms with Crippen molar-refractivity contribution in [3.63, 3.8) is 0 Å². The zero-order chi connectivity index (χ0) is 10.6. The second-order valence-corrected chi connectivity index (χ2v) is 5.56. The smallest absolute Gasteiger partial charge is 0.211 e. The van der Waals surface area contributed by atoms with Crippen LogP contribution in [0.15, 0.2) is 0 Å². The Balaban J connectivity index is 2.28. The summed E-state index contributed by atoms with van der Waals surface area (Å²) in [6.45, 7) is 2.01. The summed E-state index contributed by atoms with van der Waals surface area (Å²) >= 11 is 0. The van der Waals surface area contributed by atoms with E-state index in [9.17, 15) is 8.42 Å². The highest BCUT2D eigenvalue weighted by Gasteiger charge is 2.28. The van der Waals surface area contributed by atoms with Crippen LogP contribution in [0, 0.1) is 5.92 Å². The first-order chi connectivity index (χ1) is 6.54. The number of aliphatic hydroxyl groups excluding tert-OH is 1. The van der Waals surface area contributed by atoms with Crippen molar-refractivity contribution in [3.8, 4) is 0 Å². The SMILES string of the molecule is CS(=O)(=O)N1CCC(COCCO)C1. The van der Waals surface area contributed by atoms with E-state index in [2.05, 4.69) is 0 Å². The van der Waals surface area contributed by atoms with Gasteiger partial charge in [-0.3, -0.25) is 0 Å². The summed E-state index contributed by atoms with van der Waals surface area (Å²) in [6.07, 6.45) is 2.07. The van der Waals surface area contributed by atoms with Gasteiger partial charge in [0.05, 0.1) is 26.1 Å². The van der Waals surface area contributed by atoms with Gasteiger partial charge in [-0.15, -0.1) is 0 Å². The second-order valence-electron chi connectivity index (χ2n) is 3.57. The third-order valence-corrected chi connectivity index (χ3v) is 3.58. The molecule has 0 spiro atoms. The van der Waals surface area contributed by atoms with Gasteiger partial charge >= 0.3 is 0 Å². The molecule has 84 valence electrons. The minimum absolute atomic E-state index is 0.0164. The molecule has 1 atom stereocenters. The molecule has 14 heavy (non-hydrogen) atoms. The average molecular weight is 223 g/mol. The van der Waals surface area contributed by atoms with Crippen molar-refractivity contribution < 1.29 is 18.3 Å². The van der Waals surface area contributed by atoms with Gasteiger partial charge in [0, 0.05) is 13.1 Å². The Hall–Kier alpha value is -0.170. The second kappa shape index (κ2) is 5.06. The lowest BCUT2D eigenvalue weighted by molar-refractivity contribution is 0.0708. The number of hydrogen-bond donors (Lipinski definition) is 1. The molecule has 1 unspecified atom stereocenters. The van der Waals surface area contributed by atoms with Crippen LogP contribution < -0.4 is 0 Å². The molecule has 6 heteroatoms. The van der Waals surface area contributed by atoms with Crippen LogP contribution in [0.4, 0.5) is 0 Å². The van der Waals surface area contributed by atoms with Crippen LogP contribution in [-0.4, -0.2) is 57.0 Å². The van der Waals surface area contributed by atoms with Crippen molar-refractivity contribution in [2.45, 2.75) is 6.42 Å². The fourth-order valence-corrected chi connectivity index (χ4v) is 2.47. The van der Waals surface area contributed by atoms with Crippen molar-refractivity contribution in [3.05, 3.63) is 0 Å². The molecule has 0 bridgehead atoms. The highest BCUT2D eigenvalue weighted by atomic mass is 32.2. The summed E-state index contributed by atoms with van der Waals surface area (Å²) in [5.74, 6) is 0.274. The standard InChI is InChI=1S/C8H17NO4S/c1-14(11,12)9-3-2-8(6-9)7-13-5-4-10/h8,10H,2-7H2,1H3. The van der Waals surface area contributed by atoms with Crippen molar-refractivity contribution in [1.29, 1.82) is 0 Å². The first-order valence-electron chi connectivity index (χ1n) is 4.67. The lowest BCUT2D eigenvalue weighted by Crippen LogP contribution is -2.28. The van der Waals surface area contributed by atoms with Gasteiger partial charge in [-0.25, -0.2) is 12.7 Å². The van der Waals surface area contributed by atoms with Crippen LogP contribution in [0.25, 0.3) is 0 Å². The number of ether oxygens (including phenoxy) is 1. The van der Waals surface area contributed by atoms with E-state index >= 15 is 0 Å². The van der Waals surface area contributed by atoms with Crippen LogP contribution in [0.5, 0.6) is 0 Å². The molecule has 1 aliphatic rings. The van der Waals surface area contributed by atoms with Crippen molar-refractivity contribution in [1.82, 2.24) is 4.31 Å². The molecule has 0 aromatic rings. The molecular formula is C8H17NO4S. The van der Waals surface area contributed by atoms with E-state index in [0.717, 1.165) is 6.42 Å². The van der Waals surface area contributed by atoms with Crippen LogP contribution in [0.2, 0.25) is 0 Å². The quantitative estimate of drug-likeness (QED) is 0.624. The molecule has 0 radical (unpaired) electrons. The predicted molar refractivity (Wildman–Crippen MR) is 52.4 cm³/mol. The van der Waals surface area contributed by atoms with Gasteiger partial charge in [0.25, 0.3) is 0 Å². The Morgan fingerprint density at radius 2 is 2.29 bits per heavy atom. The Labute approximate surface area is 84.7 Å². The van der Waals surface area contributed by atoms with Crippen LogP contribution in [-0.2, 0) is 14.8 Å². The lowest BCUT2D eigenvalue weighted by atomic mass is 10.1. The highest BCUT2D eigenvalue weighted by Crippen LogP contribution is 2.18. The summed E-state index contributed by atoms with van der Waals surface area (Å²) in [5.41, 5.74) is 0. The first kappa shape index (κ1) is 11.9. The highest BCUT2D eigenvalue weighted by molar-refractivity contribution is 7.88. The van der Waals surface area contributed by atoms with Crippen molar-refractivity contribution in [2.24, 2.45) is 5.92 Å². The normalized spacial score (nSPS) is 24.3. The Morgan fingerprint density at radius 1 is 1.57 bits per heavy atom. The van der Waals surface area contributed by atoms with E-state index in [-0.39, 0.29) is 12.5 Å². The molecule has 0 aromatic carbocycles. The van der Waals surface area contributed by atoms with E-state index in [1.54, 1.807) is 0 Å². The van der Waals surface area contributed by atoms with E-state index < -0.39 is 10.0 Å². The number of sulfonamides is 1. The zero-order valence-electron chi connectivity index (χ0n) is 8.35. The van der Waals surface area contributed by atoms with Gasteiger partial charge in [-0.1, -0.05) is 0 Å². The molecule has 1 aliphatic heterocycles. The molecule has 0 aliphatic carbocycles. The van der Waals surface area contributed by atoms with E-state index in [1.807, 2.05) is 0 Å². The molecular weight excluding hydrogens is 206 g/mol. The van der Waals surface area contributed by atoms with E-state index in [4.69, 9.17) is 9.84 Å². The van der Waals surface area contributed by atoms with Gasteiger partial charge < -0.3 is 9.84 Å². The maximum atomic E-state index is 11.2. The Morgan fingerprint density at radius 3 is 2.79 bits per heavy atom. The average Bonchev–Trinajstić information content (AvgIpc) is 2.52. The summed E-state index contributed by atoms with van der Waals surface area (Å²) < 4.78 is 28.9. The van der Waals surface area contributed by atoms with Crippen LogP contribution in [0.3, 0.4) is 0 Å². The molecule has 5 nitrogen and oxygen atoms in total. The fraction of sp³-hybridized carbons (Fsp3) is 1.00. The molecule has 1 rings (SSSR count). The summed E-state index contributed by atoms with van der Waals surface area (Å²) in [7, 11) is -3.04. The summed E-state index contributed by atoms with van der Waals surface area (Å²) in [6, 6.07) is 0. The fourth-order valence-electron chi connectivity index (χ4n) is 1.55. The lowest BCUT2D eigenvalue weighted by Gasteiger charge is -2.13. The maximum Gasteiger partial charge on any atom is 0.211 e. The Bertz CT molecular complexity index is 265. The molecule has 1 N–H and O–H groups in total. The maximum absolute atomic E-state index is 11.2. The van der Waals surface area contributed by atoms with E-state index in [1.165, 1.54) is 10.6 Å². The Kier molecular flexibility index (Phi) is 4.31. The largest absolute Gasteiger partial charge is 0.394 e. The molecule has 0 saturated carbocycles. The number of aliphatic hydroxyl groups is 1. The topological polar surface area (TPSA) is 66.8 Å². The molecule has 0 amide bonds. The monoisotopic (exact) mass is 223 g/mol. The first-order valence-corrected chi connectivity index (χ1v) is 6.52. The van der Waals surface area contributed by atoms with Crippen LogP contribution >= 0.6 is 0 Å². The van der Waals surface area contributed by atoms with Crippen LogP contribution in [0.1, 0.15) is 6.42 Å². The molecule has 1 heterocycles.